The van der Waals surface area contributed by atoms with Gasteiger partial charge in [0.15, 0.2) is 0 Å². The van der Waals surface area contributed by atoms with Crippen molar-refractivity contribution in [3.63, 3.8) is 0 Å². The van der Waals surface area contributed by atoms with Gasteiger partial charge in [-0.1, -0.05) is 83.6 Å². The Kier molecular flexibility index (Phi) is 16.4. The molecule has 2 heteroatoms. The van der Waals surface area contributed by atoms with Gasteiger partial charge in [-0.25, -0.2) is 0 Å². The monoisotopic (exact) mass is 532 g/mol. The first-order valence-corrected chi connectivity index (χ1v) is 8.49. The summed E-state index contributed by atoms with van der Waals surface area (Å²) >= 11 is 0. The number of hydrogen-bond donors (Lipinski definition) is 0. The molecule has 6 rings (SSSR count). The molecule has 0 aromatic heterocycles. The van der Waals surface area contributed by atoms with Crippen LogP contribution >= 0.6 is 0 Å². The Morgan fingerprint density at radius 2 is 0.815 bits per heavy atom. The van der Waals surface area contributed by atoms with Gasteiger partial charge in [-0.05, 0) is 59.2 Å². The molecule has 0 nitrogen and oxygen atoms in total. The van der Waals surface area contributed by atoms with Gasteiger partial charge in [-0.2, -0.15) is 6.42 Å². The van der Waals surface area contributed by atoms with Gasteiger partial charge in [0.2, 0.25) is 0 Å². The van der Waals surface area contributed by atoms with E-state index in [1.54, 1.807) is 32.1 Å². The van der Waals surface area contributed by atoms with E-state index >= 15 is 0 Å². The van der Waals surface area contributed by atoms with Crippen LogP contribution in [0.1, 0.15) is 122 Å². The van der Waals surface area contributed by atoms with Crippen molar-refractivity contribution in [2.75, 3.05) is 0 Å². The zero-order chi connectivity index (χ0) is 12.3. The second-order valence-electron chi connectivity index (χ2n) is 8.56. The third kappa shape index (κ3) is 3.72. The first-order chi connectivity index (χ1) is 8.70. The number of hydrogen-bond acceptors (Lipinski definition) is 0. The van der Waals surface area contributed by atoms with Gasteiger partial charge in [-0.15, -0.1) is 0 Å². The zero-order valence-corrected chi connectivity index (χ0v) is 19.8. The fourth-order valence-corrected chi connectivity index (χ4v) is 7.43. The predicted octanol–water partition coefficient (Wildman–Crippen LogP) is 9.39. The van der Waals surface area contributed by atoms with Crippen molar-refractivity contribution in [1.82, 2.24) is 0 Å². The van der Waals surface area contributed by atoms with Crippen molar-refractivity contribution < 1.29 is 65.4 Å². The molecular weight excluding hydrogens is 478 g/mol. The normalized spacial score (nSPS) is 42.9. The van der Waals surface area contributed by atoms with E-state index in [1.165, 1.54) is 32.1 Å². The summed E-state index contributed by atoms with van der Waals surface area (Å²) in [6.07, 6.45) is 16.5. The van der Waals surface area contributed by atoms with Crippen LogP contribution in [0, 0.1) is 41.4 Å². The van der Waals surface area contributed by atoms with Crippen LogP contribution in [0.5, 0.6) is 0 Å². The van der Waals surface area contributed by atoms with Crippen LogP contribution in [0.3, 0.4) is 0 Å². The Balaban J connectivity index is -0.0000000917. The molecule has 0 saturated heterocycles. The first kappa shape index (κ1) is 39.7. The predicted molar refractivity (Wildman–Crippen MR) is 121 cm³/mol. The van der Waals surface area contributed by atoms with Gasteiger partial charge in [0.05, 0.1) is 0 Å². The fourth-order valence-electron chi connectivity index (χ4n) is 7.43. The molecule has 0 aromatic rings. The van der Waals surface area contributed by atoms with Crippen molar-refractivity contribution in [3.8, 4) is 0 Å². The largest absolute Gasteiger partial charge is 0.358 e. The Hall–Kier alpha value is 2.21. The van der Waals surface area contributed by atoms with Crippen LogP contribution in [0.15, 0.2) is 0 Å². The van der Waals surface area contributed by atoms with Gasteiger partial charge in [-0.3, -0.25) is 0 Å². The van der Waals surface area contributed by atoms with E-state index in [0.29, 0.717) is 0 Å². The molecule has 6 aliphatic carbocycles. The zero-order valence-electron chi connectivity index (χ0n) is 14.1. The molecule has 6 fully saturated rings. The van der Waals surface area contributed by atoms with E-state index in [0.717, 1.165) is 33.5 Å². The number of unbranched alkanes of at least 4 members (excludes halogenated alkanes) is 5. The summed E-state index contributed by atoms with van der Waals surface area (Å²) in [5.74, 6) is 0. The third-order valence-electron chi connectivity index (χ3n) is 8.33. The van der Waals surface area contributed by atoms with E-state index in [-0.39, 0.29) is 117 Å². The second-order valence-corrected chi connectivity index (χ2v) is 8.56. The van der Waals surface area contributed by atoms with E-state index < -0.39 is 0 Å². The maximum Gasteiger partial charge on any atom is 0 e. The molecule has 2 radical (unpaired) electrons. The molecule has 0 atom stereocenters. The van der Waals surface area contributed by atoms with Gasteiger partial charge in [0.1, 0.15) is 0 Å². The molecule has 5 spiro atoms. The minimum atomic E-state index is 0. The summed E-state index contributed by atoms with van der Waals surface area (Å²) in [6.45, 7) is 6.02. The second kappa shape index (κ2) is 11.2. The summed E-state index contributed by atoms with van der Waals surface area (Å²) < 4.78 is 0. The molecule has 0 heterocycles. The molecule has 0 aliphatic heterocycles. The standard InChI is InChI=1S/C10H10.C8H17.6CH4.CH3.2Y/c1-6-2-8(6)4-10(8)5-9(10)3-7(1,6)9;1-3-5-7-8-6-4-2;;;;;;;;;/h1-5H2;1,3-8H2,2H3;6*1H4;1H3;;/q;-1;;;;;;;-1;;. The molecule has 0 unspecified atom stereocenters. The summed E-state index contributed by atoms with van der Waals surface area (Å²) in [5, 5.41) is 0. The van der Waals surface area contributed by atoms with Crippen molar-refractivity contribution in [1.29, 1.82) is 0 Å². The van der Waals surface area contributed by atoms with Crippen molar-refractivity contribution in [3.05, 3.63) is 14.4 Å². The minimum Gasteiger partial charge on any atom is -0.358 e. The SMILES string of the molecule is C.C.C.C.C.C.C1C23CC24CC42CC24CC134.[CH2-]CCCCCCC.[CH3-].[Y].[Y]. The summed E-state index contributed by atoms with van der Waals surface area (Å²) in [4.78, 5) is 0. The molecular formula is C25H54Y2-2. The quantitative estimate of drug-likeness (QED) is 0.244. The molecule has 162 valence electrons. The minimum absolute atomic E-state index is 0. The maximum absolute atomic E-state index is 3.78. The summed E-state index contributed by atoms with van der Waals surface area (Å²) in [5.41, 5.74) is 5.27. The van der Waals surface area contributed by atoms with Crippen molar-refractivity contribution in [2.24, 2.45) is 27.1 Å². The molecule has 0 bridgehead atoms. The van der Waals surface area contributed by atoms with E-state index in [1.807, 2.05) is 0 Å². The van der Waals surface area contributed by atoms with Crippen LogP contribution in [0.25, 0.3) is 0 Å². The van der Waals surface area contributed by atoms with Crippen LogP contribution in [0.2, 0.25) is 0 Å². The van der Waals surface area contributed by atoms with E-state index in [2.05, 4.69) is 13.8 Å². The Morgan fingerprint density at radius 1 is 0.556 bits per heavy atom. The molecule has 6 saturated carbocycles. The molecule has 0 N–H and O–H groups in total. The van der Waals surface area contributed by atoms with Gasteiger partial charge in [0, 0.05) is 65.4 Å². The average molecular weight is 533 g/mol. The number of rotatable bonds is 5. The van der Waals surface area contributed by atoms with Gasteiger partial charge in [0.25, 0.3) is 0 Å². The topological polar surface area (TPSA) is 0 Å². The van der Waals surface area contributed by atoms with Gasteiger partial charge < -0.3 is 14.4 Å². The molecule has 27 heavy (non-hydrogen) atoms. The summed E-state index contributed by atoms with van der Waals surface area (Å²) in [6, 6.07) is 0. The van der Waals surface area contributed by atoms with Crippen molar-refractivity contribution >= 4 is 0 Å². The Bertz CT molecular complexity index is 322. The van der Waals surface area contributed by atoms with Crippen molar-refractivity contribution in [2.45, 2.75) is 122 Å². The van der Waals surface area contributed by atoms with E-state index in [4.69, 9.17) is 0 Å². The average Bonchev–Trinajstić information content (AvgIpc) is 3.11. The smallest absolute Gasteiger partial charge is 0 e. The molecule has 6 aliphatic rings. The third-order valence-corrected chi connectivity index (χ3v) is 8.33. The maximum atomic E-state index is 3.78. The Morgan fingerprint density at radius 3 is 1.04 bits per heavy atom. The first-order valence-electron chi connectivity index (χ1n) is 8.49. The van der Waals surface area contributed by atoms with E-state index in [9.17, 15) is 0 Å². The van der Waals surface area contributed by atoms with Crippen LogP contribution in [-0.4, -0.2) is 0 Å². The fraction of sp³-hybridized carbons (Fsp3) is 0.920. The van der Waals surface area contributed by atoms with Crippen LogP contribution in [0.4, 0.5) is 0 Å². The Labute approximate surface area is 226 Å². The molecule has 0 aromatic carbocycles. The van der Waals surface area contributed by atoms with Gasteiger partial charge >= 0.3 is 0 Å². The molecule has 0 amide bonds. The van der Waals surface area contributed by atoms with Crippen LogP contribution in [-0.2, 0) is 65.4 Å². The van der Waals surface area contributed by atoms with Crippen LogP contribution < -0.4 is 0 Å². The summed E-state index contributed by atoms with van der Waals surface area (Å²) in [7, 11) is 0.